The lowest BCUT2D eigenvalue weighted by atomic mass is 10.1. The minimum absolute atomic E-state index is 0.0639. The molecule has 1 saturated heterocycles. The van der Waals surface area contributed by atoms with Crippen molar-refractivity contribution >= 4 is 5.91 Å². The molecule has 4 nitrogen and oxygen atoms in total. The van der Waals surface area contributed by atoms with E-state index in [-0.39, 0.29) is 5.91 Å². The summed E-state index contributed by atoms with van der Waals surface area (Å²) in [6.45, 7) is 3.99. The average molecular weight is 324 g/mol. The number of para-hydroxylation sites is 1. The number of carbonyl (C=O) groups excluding carboxylic acids is 1. The lowest BCUT2D eigenvalue weighted by Crippen LogP contribution is -2.34. The van der Waals surface area contributed by atoms with Gasteiger partial charge in [0, 0.05) is 19.6 Å². The molecule has 2 aromatic carbocycles. The van der Waals surface area contributed by atoms with E-state index < -0.39 is 0 Å². The lowest BCUT2D eigenvalue weighted by molar-refractivity contribution is 0.0758. The highest BCUT2D eigenvalue weighted by molar-refractivity contribution is 5.97. The number of carbonyl (C=O) groups is 1. The van der Waals surface area contributed by atoms with Crippen molar-refractivity contribution in [3.8, 4) is 5.75 Å². The van der Waals surface area contributed by atoms with Crippen molar-refractivity contribution in [2.75, 3.05) is 33.2 Å². The molecule has 1 amide bonds. The Labute approximate surface area is 143 Å². The van der Waals surface area contributed by atoms with Gasteiger partial charge in [-0.2, -0.15) is 0 Å². The van der Waals surface area contributed by atoms with Gasteiger partial charge in [0.1, 0.15) is 12.4 Å². The Morgan fingerprint density at radius 2 is 1.71 bits per heavy atom. The number of hydrogen-bond donors (Lipinski definition) is 0. The van der Waals surface area contributed by atoms with Crippen molar-refractivity contribution < 1.29 is 9.53 Å². The van der Waals surface area contributed by atoms with Crippen LogP contribution in [0.5, 0.6) is 5.75 Å². The Morgan fingerprint density at radius 3 is 2.54 bits per heavy atom. The zero-order valence-electron chi connectivity index (χ0n) is 14.1. The highest BCUT2D eigenvalue weighted by Gasteiger charge is 2.21. The summed E-state index contributed by atoms with van der Waals surface area (Å²) in [6.07, 6.45) is 1.01. The first kappa shape index (κ1) is 16.5. The molecular weight excluding hydrogens is 300 g/mol. The predicted octanol–water partition coefficient (Wildman–Crippen LogP) is 3.04. The maximum absolute atomic E-state index is 12.9. The SMILES string of the molecule is CN1CCCN(C(=O)c2ccccc2OCc2ccccc2)CC1. The molecule has 0 aromatic heterocycles. The summed E-state index contributed by atoms with van der Waals surface area (Å²) in [5.41, 5.74) is 1.74. The van der Waals surface area contributed by atoms with Crippen molar-refractivity contribution in [2.45, 2.75) is 13.0 Å². The van der Waals surface area contributed by atoms with E-state index in [0.717, 1.165) is 38.2 Å². The van der Waals surface area contributed by atoms with Crippen LogP contribution in [0.15, 0.2) is 54.6 Å². The minimum atomic E-state index is 0.0639. The van der Waals surface area contributed by atoms with Crippen molar-refractivity contribution in [3.05, 3.63) is 65.7 Å². The summed E-state index contributed by atoms with van der Waals surface area (Å²) < 4.78 is 5.93. The third-order valence-corrected chi connectivity index (χ3v) is 4.36. The molecule has 126 valence electrons. The minimum Gasteiger partial charge on any atom is -0.488 e. The zero-order valence-corrected chi connectivity index (χ0v) is 14.1. The van der Waals surface area contributed by atoms with Gasteiger partial charge in [-0.3, -0.25) is 4.79 Å². The Hall–Kier alpha value is -2.33. The predicted molar refractivity (Wildman–Crippen MR) is 95.2 cm³/mol. The first-order valence-corrected chi connectivity index (χ1v) is 8.47. The first-order chi connectivity index (χ1) is 11.7. The van der Waals surface area contributed by atoms with E-state index in [4.69, 9.17) is 4.74 Å². The van der Waals surface area contributed by atoms with Gasteiger partial charge in [-0.05, 0) is 37.7 Å². The number of rotatable bonds is 4. The van der Waals surface area contributed by atoms with Gasteiger partial charge < -0.3 is 14.5 Å². The van der Waals surface area contributed by atoms with E-state index in [1.807, 2.05) is 59.5 Å². The number of hydrogen-bond acceptors (Lipinski definition) is 3. The molecule has 0 bridgehead atoms. The van der Waals surface area contributed by atoms with Crippen LogP contribution >= 0.6 is 0 Å². The summed E-state index contributed by atoms with van der Waals surface area (Å²) in [7, 11) is 2.10. The highest BCUT2D eigenvalue weighted by atomic mass is 16.5. The smallest absolute Gasteiger partial charge is 0.257 e. The van der Waals surface area contributed by atoms with E-state index in [1.54, 1.807) is 0 Å². The third-order valence-electron chi connectivity index (χ3n) is 4.36. The van der Waals surface area contributed by atoms with Crippen LogP contribution in [0.3, 0.4) is 0 Å². The molecule has 2 aromatic rings. The number of nitrogens with zero attached hydrogens (tertiary/aromatic N) is 2. The van der Waals surface area contributed by atoms with E-state index in [9.17, 15) is 4.79 Å². The number of benzene rings is 2. The van der Waals surface area contributed by atoms with E-state index >= 15 is 0 Å². The summed E-state index contributed by atoms with van der Waals surface area (Å²) in [4.78, 5) is 17.1. The van der Waals surface area contributed by atoms with Gasteiger partial charge in [0.2, 0.25) is 0 Å². The van der Waals surface area contributed by atoms with Gasteiger partial charge in [-0.25, -0.2) is 0 Å². The van der Waals surface area contributed by atoms with E-state index in [1.165, 1.54) is 0 Å². The first-order valence-electron chi connectivity index (χ1n) is 8.47. The summed E-state index contributed by atoms with van der Waals surface area (Å²) in [6, 6.07) is 17.5. The van der Waals surface area contributed by atoms with Gasteiger partial charge in [0.25, 0.3) is 5.91 Å². The van der Waals surface area contributed by atoms with Gasteiger partial charge >= 0.3 is 0 Å². The summed E-state index contributed by atoms with van der Waals surface area (Å²) >= 11 is 0. The van der Waals surface area contributed by atoms with Crippen LogP contribution in [-0.4, -0.2) is 48.9 Å². The molecule has 0 aliphatic carbocycles. The molecule has 24 heavy (non-hydrogen) atoms. The van der Waals surface area contributed by atoms with Crippen molar-refractivity contribution in [3.63, 3.8) is 0 Å². The van der Waals surface area contributed by atoms with Crippen molar-refractivity contribution in [1.82, 2.24) is 9.80 Å². The van der Waals surface area contributed by atoms with Crippen LogP contribution in [0.2, 0.25) is 0 Å². The Balaban J connectivity index is 1.72. The van der Waals surface area contributed by atoms with Crippen LogP contribution in [0.25, 0.3) is 0 Å². The van der Waals surface area contributed by atoms with Gasteiger partial charge in [-0.15, -0.1) is 0 Å². The molecule has 0 unspecified atom stereocenters. The van der Waals surface area contributed by atoms with E-state index in [2.05, 4.69) is 11.9 Å². The molecule has 3 rings (SSSR count). The van der Waals surface area contributed by atoms with Gasteiger partial charge in [0.05, 0.1) is 5.56 Å². The third kappa shape index (κ3) is 4.15. The molecule has 0 atom stereocenters. The molecular formula is C20H24N2O2. The molecule has 1 fully saturated rings. The maximum atomic E-state index is 12.9. The molecule has 0 spiro atoms. The number of ether oxygens (including phenoxy) is 1. The zero-order chi connectivity index (χ0) is 16.8. The Kier molecular flexibility index (Phi) is 5.49. The lowest BCUT2D eigenvalue weighted by Gasteiger charge is -2.22. The van der Waals surface area contributed by atoms with Gasteiger partial charge in [0.15, 0.2) is 0 Å². The molecule has 0 N–H and O–H groups in total. The van der Waals surface area contributed by atoms with Crippen LogP contribution in [-0.2, 0) is 6.61 Å². The molecule has 1 aliphatic rings. The quantitative estimate of drug-likeness (QED) is 0.866. The largest absolute Gasteiger partial charge is 0.488 e. The molecule has 4 heteroatoms. The van der Waals surface area contributed by atoms with Crippen LogP contribution in [0.1, 0.15) is 22.3 Å². The summed E-state index contributed by atoms with van der Waals surface area (Å²) in [5, 5.41) is 0. The second kappa shape index (κ2) is 7.97. The van der Waals surface area contributed by atoms with Crippen molar-refractivity contribution in [1.29, 1.82) is 0 Å². The maximum Gasteiger partial charge on any atom is 0.257 e. The second-order valence-corrected chi connectivity index (χ2v) is 6.22. The summed E-state index contributed by atoms with van der Waals surface area (Å²) in [5.74, 6) is 0.720. The van der Waals surface area contributed by atoms with E-state index in [0.29, 0.717) is 17.9 Å². The second-order valence-electron chi connectivity index (χ2n) is 6.22. The fourth-order valence-electron chi connectivity index (χ4n) is 2.92. The van der Waals surface area contributed by atoms with Crippen LogP contribution in [0, 0.1) is 0 Å². The molecule has 1 aliphatic heterocycles. The fourth-order valence-corrected chi connectivity index (χ4v) is 2.92. The Morgan fingerprint density at radius 1 is 0.958 bits per heavy atom. The fraction of sp³-hybridized carbons (Fsp3) is 0.350. The monoisotopic (exact) mass is 324 g/mol. The van der Waals surface area contributed by atoms with Crippen molar-refractivity contribution in [2.24, 2.45) is 0 Å². The Bertz CT molecular complexity index is 672. The molecule has 0 radical (unpaired) electrons. The average Bonchev–Trinajstić information content (AvgIpc) is 2.85. The highest BCUT2D eigenvalue weighted by Crippen LogP contribution is 2.22. The van der Waals surface area contributed by atoms with Gasteiger partial charge in [-0.1, -0.05) is 42.5 Å². The molecule has 1 heterocycles. The number of amides is 1. The molecule has 0 saturated carbocycles. The van der Waals surface area contributed by atoms with Crippen LogP contribution in [0.4, 0.5) is 0 Å². The normalized spacial score (nSPS) is 15.8. The topological polar surface area (TPSA) is 32.8 Å². The van der Waals surface area contributed by atoms with Crippen LogP contribution < -0.4 is 4.74 Å². The number of likely N-dealkylation sites (N-methyl/N-ethyl adjacent to an activating group) is 1. The standard InChI is InChI=1S/C20H24N2O2/c1-21-12-7-13-22(15-14-21)20(23)18-10-5-6-11-19(18)24-16-17-8-3-2-4-9-17/h2-6,8-11H,7,12-16H2,1H3.